The van der Waals surface area contributed by atoms with Gasteiger partial charge in [-0.15, -0.1) is 0 Å². The highest BCUT2D eigenvalue weighted by Crippen LogP contribution is 2.14. The highest BCUT2D eigenvalue weighted by atomic mass is 15.3. The second-order valence-corrected chi connectivity index (χ2v) is 6.68. The van der Waals surface area contributed by atoms with E-state index in [2.05, 4.69) is 63.8 Å². The molecule has 1 aliphatic rings. The molecule has 0 saturated carbocycles. The number of benzene rings is 1. The second kappa shape index (κ2) is 6.75. The van der Waals surface area contributed by atoms with Crippen LogP contribution in [0.25, 0.3) is 5.65 Å². The zero-order chi connectivity index (χ0) is 16.4. The largest absolute Gasteiger partial charge is 0.307 e. The summed E-state index contributed by atoms with van der Waals surface area (Å²) in [4.78, 5) is 9.78. The monoisotopic (exact) mass is 320 g/mol. The molecule has 2 aromatic heterocycles. The first-order chi connectivity index (χ1) is 11.8. The van der Waals surface area contributed by atoms with Crippen LogP contribution in [0.4, 0.5) is 0 Å². The molecular weight excluding hydrogens is 296 g/mol. The molecule has 0 radical (unpaired) electrons. The van der Waals surface area contributed by atoms with Gasteiger partial charge in [-0.2, -0.15) is 0 Å². The highest BCUT2D eigenvalue weighted by molar-refractivity contribution is 5.39. The van der Waals surface area contributed by atoms with Crippen LogP contribution in [0.3, 0.4) is 0 Å². The third-order valence-corrected chi connectivity index (χ3v) is 4.92. The van der Waals surface area contributed by atoms with Crippen molar-refractivity contribution in [2.45, 2.75) is 20.0 Å². The number of imidazole rings is 1. The molecule has 3 heterocycles. The Bertz CT molecular complexity index is 782. The van der Waals surface area contributed by atoms with Crippen molar-refractivity contribution in [1.82, 2.24) is 19.2 Å². The van der Waals surface area contributed by atoms with Crippen LogP contribution >= 0.6 is 0 Å². The fraction of sp³-hybridized carbons (Fsp3) is 0.350. The Morgan fingerprint density at radius 3 is 2.33 bits per heavy atom. The van der Waals surface area contributed by atoms with Crippen molar-refractivity contribution < 1.29 is 0 Å². The SMILES string of the molecule is Cc1ccccc1CN1CCN(Cc2cn3ccccc3n2)CC1. The van der Waals surface area contributed by atoms with Crippen molar-refractivity contribution in [3.63, 3.8) is 0 Å². The Hall–Kier alpha value is -2.17. The van der Waals surface area contributed by atoms with Crippen molar-refractivity contribution in [2.75, 3.05) is 26.2 Å². The lowest BCUT2D eigenvalue weighted by molar-refractivity contribution is 0.121. The zero-order valence-electron chi connectivity index (χ0n) is 14.2. The van der Waals surface area contributed by atoms with Gasteiger partial charge in [-0.05, 0) is 30.2 Å². The van der Waals surface area contributed by atoms with E-state index in [1.165, 1.54) is 11.1 Å². The van der Waals surface area contributed by atoms with Crippen molar-refractivity contribution in [2.24, 2.45) is 0 Å². The molecule has 4 heteroatoms. The van der Waals surface area contributed by atoms with Gasteiger partial charge in [0.2, 0.25) is 0 Å². The molecule has 1 aliphatic heterocycles. The Morgan fingerprint density at radius 2 is 1.58 bits per heavy atom. The average Bonchev–Trinajstić information content (AvgIpc) is 3.01. The number of pyridine rings is 1. The molecule has 4 rings (SSSR count). The van der Waals surface area contributed by atoms with E-state index in [0.29, 0.717) is 0 Å². The Kier molecular flexibility index (Phi) is 4.32. The van der Waals surface area contributed by atoms with Crippen molar-refractivity contribution in [1.29, 1.82) is 0 Å². The number of aryl methyl sites for hydroxylation is 1. The smallest absolute Gasteiger partial charge is 0.137 e. The average molecular weight is 320 g/mol. The standard InChI is InChI=1S/C20H24N4/c1-17-6-2-3-7-18(17)14-22-10-12-23(13-11-22)15-19-16-24-9-5-4-8-20(24)21-19/h2-9,16H,10-15H2,1H3. The number of piperazine rings is 1. The lowest BCUT2D eigenvalue weighted by atomic mass is 10.1. The molecule has 0 atom stereocenters. The van der Waals surface area contributed by atoms with Gasteiger partial charge in [0.25, 0.3) is 0 Å². The first kappa shape index (κ1) is 15.4. The van der Waals surface area contributed by atoms with Crippen molar-refractivity contribution in [3.8, 4) is 0 Å². The van der Waals surface area contributed by atoms with Gasteiger partial charge in [-0.25, -0.2) is 4.98 Å². The molecule has 124 valence electrons. The van der Waals surface area contributed by atoms with Crippen LogP contribution in [0, 0.1) is 6.92 Å². The Balaban J connectivity index is 1.33. The quantitative estimate of drug-likeness (QED) is 0.738. The van der Waals surface area contributed by atoms with E-state index < -0.39 is 0 Å². The fourth-order valence-corrected chi connectivity index (χ4v) is 3.43. The van der Waals surface area contributed by atoms with E-state index in [4.69, 9.17) is 4.98 Å². The molecule has 3 aromatic rings. The van der Waals surface area contributed by atoms with Crippen LogP contribution in [0.2, 0.25) is 0 Å². The lowest BCUT2D eigenvalue weighted by Crippen LogP contribution is -2.45. The minimum Gasteiger partial charge on any atom is -0.307 e. The summed E-state index contributed by atoms with van der Waals surface area (Å²) >= 11 is 0. The van der Waals surface area contributed by atoms with Gasteiger partial charge in [0.05, 0.1) is 5.69 Å². The third kappa shape index (κ3) is 3.35. The Labute approximate surface area is 143 Å². The normalized spacial score (nSPS) is 16.7. The number of fused-ring (bicyclic) bond motifs is 1. The number of hydrogen-bond acceptors (Lipinski definition) is 3. The lowest BCUT2D eigenvalue weighted by Gasteiger charge is -2.34. The molecule has 0 spiro atoms. The number of hydrogen-bond donors (Lipinski definition) is 0. The minimum atomic E-state index is 0.944. The van der Waals surface area contributed by atoms with Gasteiger partial charge in [0.15, 0.2) is 0 Å². The molecule has 1 aromatic carbocycles. The van der Waals surface area contributed by atoms with Crippen LogP contribution in [-0.4, -0.2) is 45.4 Å². The van der Waals surface area contributed by atoms with Gasteiger partial charge in [-0.3, -0.25) is 9.80 Å². The maximum atomic E-state index is 4.71. The number of aromatic nitrogens is 2. The van der Waals surface area contributed by atoms with Gasteiger partial charge in [0, 0.05) is 51.7 Å². The summed E-state index contributed by atoms with van der Waals surface area (Å²) in [5.41, 5.74) is 5.04. The first-order valence-corrected chi connectivity index (χ1v) is 8.70. The van der Waals surface area contributed by atoms with Crippen molar-refractivity contribution >= 4 is 5.65 Å². The van der Waals surface area contributed by atoms with Crippen LogP contribution in [-0.2, 0) is 13.1 Å². The maximum Gasteiger partial charge on any atom is 0.137 e. The van der Waals surface area contributed by atoms with Crippen LogP contribution in [0.15, 0.2) is 54.9 Å². The molecule has 1 saturated heterocycles. The van der Waals surface area contributed by atoms with E-state index in [1.54, 1.807) is 0 Å². The van der Waals surface area contributed by atoms with Gasteiger partial charge in [-0.1, -0.05) is 30.3 Å². The molecule has 0 unspecified atom stereocenters. The third-order valence-electron chi connectivity index (χ3n) is 4.92. The first-order valence-electron chi connectivity index (χ1n) is 8.70. The summed E-state index contributed by atoms with van der Waals surface area (Å²) in [6, 6.07) is 14.9. The summed E-state index contributed by atoms with van der Waals surface area (Å²) in [5, 5.41) is 0. The second-order valence-electron chi connectivity index (χ2n) is 6.68. The van der Waals surface area contributed by atoms with Gasteiger partial charge < -0.3 is 4.40 Å². The molecule has 0 N–H and O–H groups in total. The topological polar surface area (TPSA) is 23.8 Å². The predicted molar refractivity (Wildman–Crippen MR) is 96.9 cm³/mol. The van der Waals surface area contributed by atoms with Crippen LogP contribution < -0.4 is 0 Å². The van der Waals surface area contributed by atoms with Gasteiger partial charge >= 0.3 is 0 Å². The van der Waals surface area contributed by atoms with Gasteiger partial charge in [0.1, 0.15) is 5.65 Å². The highest BCUT2D eigenvalue weighted by Gasteiger charge is 2.18. The Morgan fingerprint density at radius 1 is 0.875 bits per heavy atom. The fourth-order valence-electron chi connectivity index (χ4n) is 3.43. The van der Waals surface area contributed by atoms with E-state index in [0.717, 1.165) is 50.6 Å². The minimum absolute atomic E-state index is 0.944. The summed E-state index contributed by atoms with van der Waals surface area (Å²) < 4.78 is 2.10. The number of rotatable bonds is 4. The van der Waals surface area contributed by atoms with E-state index in [-0.39, 0.29) is 0 Å². The summed E-state index contributed by atoms with van der Waals surface area (Å²) in [7, 11) is 0. The predicted octanol–water partition coefficient (Wildman–Crippen LogP) is 2.96. The van der Waals surface area contributed by atoms with E-state index in [9.17, 15) is 0 Å². The summed E-state index contributed by atoms with van der Waals surface area (Å²) in [5.74, 6) is 0. The van der Waals surface area contributed by atoms with Crippen LogP contribution in [0.5, 0.6) is 0 Å². The molecule has 24 heavy (non-hydrogen) atoms. The molecule has 1 fully saturated rings. The molecular formula is C20H24N4. The van der Waals surface area contributed by atoms with Crippen LogP contribution in [0.1, 0.15) is 16.8 Å². The zero-order valence-corrected chi connectivity index (χ0v) is 14.2. The maximum absolute atomic E-state index is 4.71. The molecule has 4 nitrogen and oxygen atoms in total. The summed E-state index contributed by atoms with van der Waals surface area (Å²) in [6.07, 6.45) is 4.21. The summed E-state index contributed by atoms with van der Waals surface area (Å²) in [6.45, 7) is 8.69. The van der Waals surface area contributed by atoms with E-state index >= 15 is 0 Å². The van der Waals surface area contributed by atoms with E-state index in [1.807, 2.05) is 12.1 Å². The molecule has 0 aliphatic carbocycles. The molecule has 0 amide bonds. The van der Waals surface area contributed by atoms with Crippen molar-refractivity contribution in [3.05, 3.63) is 71.7 Å². The molecule has 0 bridgehead atoms. The number of nitrogens with zero attached hydrogens (tertiary/aromatic N) is 4.